The molecule has 0 fully saturated rings. The summed E-state index contributed by atoms with van der Waals surface area (Å²) in [5.74, 6) is 0.215. The highest BCUT2D eigenvalue weighted by Gasteiger charge is 2.25. The van der Waals surface area contributed by atoms with Crippen LogP contribution in [0.2, 0.25) is 0 Å². The van der Waals surface area contributed by atoms with Crippen molar-refractivity contribution in [1.29, 1.82) is 0 Å². The molecule has 0 radical (unpaired) electrons. The second-order valence-corrected chi connectivity index (χ2v) is 10.6. The van der Waals surface area contributed by atoms with Gasteiger partial charge in [-0.25, -0.2) is 9.59 Å². The number of rotatable bonds is 8. The van der Waals surface area contributed by atoms with Crippen LogP contribution in [0.1, 0.15) is 46.4 Å². The Bertz CT molecular complexity index is 1560. The monoisotopic (exact) mass is 555 g/mol. The summed E-state index contributed by atoms with van der Waals surface area (Å²) in [5, 5.41) is 14.0. The first-order chi connectivity index (χ1) is 17.8. The Hall–Kier alpha value is -3.23. The number of benzene rings is 2. The molecule has 2 N–H and O–H groups in total. The van der Waals surface area contributed by atoms with Crippen molar-refractivity contribution in [3.05, 3.63) is 80.4 Å². The molecule has 2 heterocycles. The van der Waals surface area contributed by atoms with Gasteiger partial charge in [0.05, 0.1) is 12.0 Å². The number of carbonyl (C=O) groups excluding carboxylic acids is 1. The number of amides is 1. The third-order valence-electron chi connectivity index (χ3n) is 7.09. The second-order valence-electron chi connectivity index (χ2n) is 9.59. The summed E-state index contributed by atoms with van der Waals surface area (Å²) in [7, 11) is 0. The van der Waals surface area contributed by atoms with Crippen LogP contribution in [0.25, 0.3) is 21.9 Å². The molecule has 0 saturated heterocycles. The number of nitrogens with one attached hydrogen (secondary N) is 1. The minimum absolute atomic E-state index is 0. The third kappa shape index (κ3) is 5.47. The zero-order valence-electron chi connectivity index (χ0n) is 21.3. The van der Waals surface area contributed by atoms with E-state index >= 15 is 0 Å². The first-order valence-corrected chi connectivity index (χ1v) is 13.6. The average molecular weight is 556 g/mol. The number of carbonyl (C=O) groups is 2. The van der Waals surface area contributed by atoms with Crippen LogP contribution in [0, 0.1) is 13.8 Å². The Kier molecular flexibility index (Phi) is 8.53. The summed E-state index contributed by atoms with van der Waals surface area (Å²) in [6.07, 6.45) is 3.82. The lowest BCUT2D eigenvalue weighted by atomic mass is 9.93. The largest absolute Gasteiger partial charge is 0.480 e. The number of hydrogen-bond acceptors (Lipinski definition) is 6. The van der Waals surface area contributed by atoms with Crippen molar-refractivity contribution in [3.8, 4) is 0 Å². The number of thioether (sulfide) groups is 1. The highest BCUT2D eigenvalue weighted by Crippen LogP contribution is 2.37. The van der Waals surface area contributed by atoms with Gasteiger partial charge in [-0.15, -0.1) is 12.4 Å². The second kappa shape index (κ2) is 11.7. The smallest absolute Gasteiger partial charge is 0.340 e. The number of aliphatic carboxylic acids is 1. The van der Waals surface area contributed by atoms with Crippen LogP contribution in [-0.2, 0) is 34.6 Å². The third-order valence-corrected chi connectivity index (χ3v) is 8.20. The van der Waals surface area contributed by atoms with Crippen LogP contribution in [0.5, 0.6) is 0 Å². The lowest BCUT2D eigenvalue weighted by Gasteiger charge is -2.15. The van der Waals surface area contributed by atoms with E-state index in [2.05, 4.69) is 5.32 Å². The standard InChI is InChI=1S/C29H29NO6S.ClH/c1-16-20-12-22-19-10-6-7-11-24(19)35-27(22)17(2)26(20)36-29(34)21(16)13-25(31)30-23(28(32)33)15-37-14-18-8-4-3-5-9-18;/h3-5,8-9,12,23H,6-7,10-11,13-15H2,1-2H3,(H,30,31)(H,32,33);1H/t23-;/m0./s1. The Balaban J connectivity index is 0.00000336. The van der Waals surface area contributed by atoms with Gasteiger partial charge in [0.15, 0.2) is 0 Å². The molecule has 1 aliphatic carbocycles. The number of hydrogen-bond donors (Lipinski definition) is 2. The van der Waals surface area contributed by atoms with E-state index in [0.29, 0.717) is 16.9 Å². The van der Waals surface area contributed by atoms with E-state index in [1.165, 1.54) is 17.3 Å². The Morgan fingerprint density at radius 1 is 1.03 bits per heavy atom. The topological polar surface area (TPSA) is 110 Å². The summed E-state index contributed by atoms with van der Waals surface area (Å²) < 4.78 is 11.8. The Labute approximate surface area is 230 Å². The number of fused-ring (bicyclic) bond motifs is 4. The van der Waals surface area contributed by atoms with Crippen LogP contribution in [0.4, 0.5) is 0 Å². The molecule has 1 amide bonds. The molecular weight excluding hydrogens is 526 g/mol. The lowest BCUT2D eigenvalue weighted by Crippen LogP contribution is -2.43. The summed E-state index contributed by atoms with van der Waals surface area (Å²) in [5.41, 5.74) is 4.60. The quantitative estimate of drug-likeness (QED) is 0.276. The molecule has 1 atom stereocenters. The highest BCUT2D eigenvalue weighted by atomic mass is 35.5. The fourth-order valence-electron chi connectivity index (χ4n) is 5.07. The van der Waals surface area contributed by atoms with Crippen LogP contribution < -0.4 is 10.9 Å². The maximum atomic E-state index is 12.9. The molecule has 1 aliphatic rings. The highest BCUT2D eigenvalue weighted by molar-refractivity contribution is 7.98. The van der Waals surface area contributed by atoms with Gasteiger partial charge < -0.3 is 19.3 Å². The number of carboxylic acids is 1. The summed E-state index contributed by atoms with van der Waals surface area (Å²) in [4.78, 5) is 37.5. The van der Waals surface area contributed by atoms with Crippen molar-refractivity contribution < 1.29 is 23.5 Å². The molecule has 7 nitrogen and oxygen atoms in total. The predicted octanol–water partition coefficient (Wildman–Crippen LogP) is 5.50. The van der Waals surface area contributed by atoms with Gasteiger partial charge in [0.1, 0.15) is 23.0 Å². The molecule has 0 saturated carbocycles. The molecule has 9 heteroatoms. The van der Waals surface area contributed by atoms with E-state index in [1.807, 2.05) is 50.2 Å². The van der Waals surface area contributed by atoms with E-state index in [0.717, 1.165) is 58.9 Å². The van der Waals surface area contributed by atoms with Crippen molar-refractivity contribution in [2.75, 3.05) is 5.75 Å². The van der Waals surface area contributed by atoms with Crippen LogP contribution in [0.3, 0.4) is 0 Å². The summed E-state index contributed by atoms with van der Waals surface area (Å²) in [6, 6.07) is 10.7. The Morgan fingerprint density at radius 3 is 2.47 bits per heavy atom. The summed E-state index contributed by atoms with van der Waals surface area (Å²) >= 11 is 1.43. The molecule has 0 spiro atoms. The number of aryl methyl sites for hydroxylation is 4. The van der Waals surface area contributed by atoms with Gasteiger partial charge in [-0.2, -0.15) is 11.8 Å². The maximum absolute atomic E-state index is 12.9. The molecule has 5 rings (SSSR count). The molecule has 38 heavy (non-hydrogen) atoms. The van der Waals surface area contributed by atoms with Crippen LogP contribution in [0.15, 0.2) is 50.0 Å². The maximum Gasteiger partial charge on any atom is 0.340 e. The fraction of sp³-hybridized carbons (Fsp3) is 0.345. The molecule has 0 unspecified atom stereocenters. The van der Waals surface area contributed by atoms with Crippen molar-refractivity contribution >= 4 is 58.0 Å². The molecular formula is C29H30ClNO6S. The fourth-order valence-corrected chi connectivity index (χ4v) is 6.08. The van der Waals surface area contributed by atoms with E-state index in [1.54, 1.807) is 0 Å². The van der Waals surface area contributed by atoms with E-state index in [9.17, 15) is 19.5 Å². The van der Waals surface area contributed by atoms with E-state index in [4.69, 9.17) is 8.83 Å². The van der Waals surface area contributed by atoms with Crippen molar-refractivity contribution in [1.82, 2.24) is 5.32 Å². The molecule has 0 aliphatic heterocycles. The minimum Gasteiger partial charge on any atom is -0.480 e. The van der Waals surface area contributed by atoms with Crippen molar-refractivity contribution in [2.24, 2.45) is 0 Å². The first kappa shape index (κ1) is 27.8. The molecule has 2 aromatic heterocycles. The molecule has 4 aromatic rings. The summed E-state index contributed by atoms with van der Waals surface area (Å²) in [6.45, 7) is 3.70. The van der Waals surface area contributed by atoms with Gasteiger partial charge in [-0.05, 0) is 50.3 Å². The van der Waals surface area contributed by atoms with Gasteiger partial charge in [-0.1, -0.05) is 30.3 Å². The predicted molar refractivity (Wildman–Crippen MR) is 151 cm³/mol. The Morgan fingerprint density at radius 2 is 1.74 bits per heavy atom. The van der Waals surface area contributed by atoms with Crippen molar-refractivity contribution in [3.63, 3.8) is 0 Å². The zero-order chi connectivity index (χ0) is 26.1. The van der Waals surface area contributed by atoms with Gasteiger partial charge in [0.2, 0.25) is 5.91 Å². The van der Waals surface area contributed by atoms with E-state index < -0.39 is 23.5 Å². The van der Waals surface area contributed by atoms with Crippen LogP contribution >= 0.6 is 24.2 Å². The minimum atomic E-state index is -1.11. The first-order valence-electron chi connectivity index (χ1n) is 12.5. The normalized spacial score (nSPS) is 13.6. The number of carboxylic acid groups (broad SMARTS) is 1. The van der Waals surface area contributed by atoms with Gasteiger partial charge >= 0.3 is 11.6 Å². The van der Waals surface area contributed by atoms with Crippen molar-refractivity contribution in [2.45, 2.75) is 57.7 Å². The molecule has 2 aromatic carbocycles. The van der Waals surface area contributed by atoms with Gasteiger partial charge in [0.25, 0.3) is 0 Å². The SMILES string of the molecule is Cc1c(CC(=O)N[C@@H](CSCc2ccccc2)C(=O)O)c(=O)oc2c(C)c3oc4c(c3cc12)CCCC4.Cl. The lowest BCUT2D eigenvalue weighted by molar-refractivity contribution is -0.141. The molecule has 200 valence electrons. The van der Waals surface area contributed by atoms with E-state index in [-0.39, 0.29) is 30.1 Å². The van der Waals surface area contributed by atoms with Crippen LogP contribution in [-0.4, -0.2) is 28.8 Å². The van der Waals surface area contributed by atoms with Gasteiger partial charge in [-0.3, -0.25) is 4.79 Å². The van der Waals surface area contributed by atoms with Gasteiger partial charge in [0, 0.05) is 39.8 Å². The average Bonchev–Trinajstić information content (AvgIpc) is 3.26. The number of halogens is 1. The number of furan rings is 1. The zero-order valence-corrected chi connectivity index (χ0v) is 22.9. The molecule has 0 bridgehead atoms.